The fraction of sp³-hybridized carbons (Fsp3) is 0.176. The van der Waals surface area contributed by atoms with Gasteiger partial charge in [-0.2, -0.15) is 8.78 Å². The molecule has 0 heterocycles. The largest absolute Gasteiger partial charge is 0.493 e. The number of carbonyl (C=O) groups is 1. The van der Waals surface area contributed by atoms with Gasteiger partial charge in [-0.25, -0.2) is 4.39 Å². The maximum Gasteiger partial charge on any atom is 0.387 e. The summed E-state index contributed by atoms with van der Waals surface area (Å²) in [6, 6.07) is 8.33. The lowest BCUT2D eigenvalue weighted by Gasteiger charge is -2.09. The van der Waals surface area contributed by atoms with Gasteiger partial charge in [-0.15, -0.1) is 0 Å². The predicted octanol–water partition coefficient (Wildman–Crippen LogP) is 4.19. The molecule has 0 atom stereocenters. The van der Waals surface area contributed by atoms with Gasteiger partial charge in [-0.3, -0.25) is 4.79 Å². The molecule has 6 nitrogen and oxygen atoms in total. The number of ether oxygens (including phenoxy) is 2. The summed E-state index contributed by atoms with van der Waals surface area (Å²) in [5, 5.41) is 5.93. The molecule has 2 rings (SSSR count). The van der Waals surface area contributed by atoms with Gasteiger partial charge in [-0.1, -0.05) is 21.1 Å². The van der Waals surface area contributed by atoms with Crippen molar-refractivity contribution >= 4 is 33.7 Å². The van der Waals surface area contributed by atoms with Crippen LogP contribution >= 0.6 is 15.9 Å². The standard InChI is InChI=1S/C17H14BrF3N2O4/c1-25-15-6-10(2-5-14(15)27-17(20)21)8-22-26-9-16(24)23-13-4-3-11(18)7-12(13)19/h2-8,17H,9H2,1H3,(H,23,24)/b22-8+. The van der Waals surface area contributed by atoms with Crippen molar-refractivity contribution in [2.24, 2.45) is 5.16 Å². The smallest absolute Gasteiger partial charge is 0.387 e. The molecule has 2 aromatic rings. The number of anilines is 1. The number of hydrogen-bond donors (Lipinski definition) is 1. The molecule has 2 aromatic carbocycles. The van der Waals surface area contributed by atoms with Gasteiger partial charge in [-0.05, 0) is 36.4 Å². The highest BCUT2D eigenvalue weighted by Gasteiger charge is 2.11. The number of carbonyl (C=O) groups excluding carboxylic acids is 1. The molecule has 0 unspecified atom stereocenters. The van der Waals surface area contributed by atoms with Gasteiger partial charge in [0.05, 0.1) is 19.0 Å². The van der Waals surface area contributed by atoms with Gasteiger partial charge in [0.1, 0.15) is 5.82 Å². The van der Waals surface area contributed by atoms with Crippen molar-refractivity contribution in [3.63, 3.8) is 0 Å². The first-order chi connectivity index (χ1) is 12.9. The van der Waals surface area contributed by atoms with Crippen LogP contribution in [-0.4, -0.2) is 32.4 Å². The first-order valence-electron chi connectivity index (χ1n) is 7.42. The topological polar surface area (TPSA) is 69.2 Å². The highest BCUT2D eigenvalue weighted by atomic mass is 79.9. The van der Waals surface area contributed by atoms with Crippen LogP contribution in [0.1, 0.15) is 5.56 Å². The second-order valence-electron chi connectivity index (χ2n) is 4.97. The maximum atomic E-state index is 13.6. The number of hydrogen-bond acceptors (Lipinski definition) is 5. The molecule has 1 N–H and O–H groups in total. The third-order valence-corrected chi connectivity index (χ3v) is 3.57. The first kappa shape index (κ1) is 20.6. The van der Waals surface area contributed by atoms with E-state index in [-0.39, 0.29) is 17.2 Å². The third kappa shape index (κ3) is 6.48. The van der Waals surface area contributed by atoms with E-state index in [0.29, 0.717) is 10.0 Å². The molecule has 0 aliphatic rings. The number of methoxy groups -OCH3 is 1. The Morgan fingerprint density at radius 1 is 1.26 bits per heavy atom. The van der Waals surface area contributed by atoms with E-state index in [9.17, 15) is 18.0 Å². The van der Waals surface area contributed by atoms with Crippen LogP contribution in [0.4, 0.5) is 18.9 Å². The number of nitrogens with zero attached hydrogens (tertiary/aromatic N) is 1. The lowest BCUT2D eigenvalue weighted by Crippen LogP contribution is -2.17. The normalized spacial score (nSPS) is 10.9. The van der Waals surface area contributed by atoms with Crippen molar-refractivity contribution in [3.8, 4) is 11.5 Å². The number of halogens is 4. The van der Waals surface area contributed by atoms with Crippen molar-refractivity contribution in [3.05, 3.63) is 52.3 Å². The summed E-state index contributed by atoms with van der Waals surface area (Å²) in [6.45, 7) is -3.42. The van der Waals surface area contributed by atoms with Crippen molar-refractivity contribution in [1.82, 2.24) is 0 Å². The van der Waals surface area contributed by atoms with E-state index in [1.54, 1.807) is 6.07 Å². The molecule has 0 radical (unpaired) electrons. The number of benzene rings is 2. The van der Waals surface area contributed by atoms with Gasteiger partial charge in [0, 0.05) is 10.0 Å². The second-order valence-corrected chi connectivity index (χ2v) is 5.88. The Bertz CT molecular complexity index is 834. The third-order valence-electron chi connectivity index (χ3n) is 3.08. The Morgan fingerprint density at radius 3 is 2.70 bits per heavy atom. The lowest BCUT2D eigenvalue weighted by molar-refractivity contribution is -0.120. The van der Waals surface area contributed by atoms with Crippen LogP contribution in [-0.2, 0) is 9.63 Å². The SMILES string of the molecule is COc1cc(/C=N/OCC(=O)Nc2ccc(Br)cc2F)ccc1OC(F)F. The van der Waals surface area contributed by atoms with Crippen LogP contribution in [0.5, 0.6) is 11.5 Å². The Balaban J connectivity index is 1.88. The summed E-state index contributed by atoms with van der Waals surface area (Å²) >= 11 is 3.11. The van der Waals surface area contributed by atoms with Gasteiger partial charge in [0.2, 0.25) is 0 Å². The molecule has 10 heteroatoms. The Hall–Kier alpha value is -2.75. The molecule has 0 aliphatic heterocycles. The van der Waals surface area contributed by atoms with Crippen LogP contribution in [0, 0.1) is 5.82 Å². The van der Waals surface area contributed by atoms with E-state index in [2.05, 4.69) is 31.1 Å². The average Bonchev–Trinajstić information content (AvgIpc) is 2.61. The van der Waals surface area contributed by atoms with E-state index >= 15 is 0 Å². The molecule has 0 fully saturated rings. The fourth-order valence-electron chi connectivity index (χ4n) is 1.93. The van der Waals surface area contributed by atoms with Crippen molar-refractivity contribution in [2.45, 2.75) is 6.61 Å². The van der Waals surface area contributed by atoms with Crippen molar-refractivity contribution < 1.29 is 32.3 Å². The molecule has 0 aliphatic carbocycles. The van der Waals surface area contributed by atoms with Gasteiger partial charge < -0.3 is 19.6 Å². The van der Waals surface area contributed by atoms with Gasteiger partial charge in [0.15, 0.2) is 18.1 Å². The molecular formula is C17H14BrF3N2O4. The maximum absolute atomic E-state index is 13.6. The summed E-state index contributed by atoms with van der Waals surface area (Å²) in [5.41, 5.74) is 0.475. The Labute approximate surface area is 161 Å². The second kappa shape index (κ2) is 9.81. The Kier molecular flexibility index (Phi) is 7.47. The zero-order valence-corrected chi connectivity index (χ0v) is 15.5. The van der Waals surface area contributed by atoms with E-state index in [1.165, 1.54) is 43.7 Å². The van der Waals surface area contributed by atoms with E-state index < -0.39 is 24.9 Å². The molecule has 0 saturated carbocycles. The van der Waals surface area contributed by atoms with Crippen LogP contribution in [0.2, 0.25) is 0 Å². The quantitative estimate of drug-likeness (QED) is 0.487. The molecular weight excluding hydrogens is 433 g/mol. The molecule has 0 aromatic heterocycles. The minimum atomic E-state index is -2.98. The number of alkyl halides is 2. The number of amides is 1. The molecule has 0 bridgehead atoms. The molecule has 27 heavy (non-hydrogen) atoms. The highest BCUT2D eigenvalue weighted by Crippen LogP contribution is 2.28. The zero-order valence-electron chi connectivity index (χ0n) is 13.9. The van der Waals surface area contributed by atoms with Crippen molar-refractivity contribution in [2.75, 3.05) is 19.0 Å². The summed E-state index contributed by atoms with van der Waals surface area (Å²) in [7, 11) is 1.30. The monoisotopic (exact) mass is 446 g/mol. The summed E-state index contributed by atoms with van der Waals surface area (Å²) in [6.07, 6.45) is 1.25. The lowest BCUT2D eigenvalue weighted by atomic mass is 10.2. The highest BCUT2D eigenvalue weighted by molar-refractivity contribution is 9.10. The molecule has 0 saturated heterocycles. The van der Waals surface area contributed by atoms with E-state index in [1.807, 2.05) is 0 Å². The predicted molar refractivity (Wildman–Crippen MR) is 95.9 cm³/mol. The average molecular weight is 447 g/mol. The molecule has 1 amide bonds. The number of nitrogens with one attached hydrogen (secondary N) is 1. The van der Waals surface area contributed by atoms with Crippen LogP contribution in [0.3, 0.4) is 0 Å². The molecule has 144 valence electrons. The zero-order chi connectivity index (χ0) is 19.8. The summed E-state index contributed by atoms with van der Waals surface area (Å²) in [4.78, 5) is 16.5. The fourth-order valence-corrected chi connectivity index (χ4v) is 2.26. The van der Waals surface area contributed by atoms with Crippen LogP contribution in [0.25, 0.3) is 0 Å². The van der Waals surface area contributed by atoms with Crippen LogP contribution in [0.15, 0.2) is 46.0 Å². The number of rotatable bonds is 8. The summed E-state index contributed by atoms with van der Waals surface area (Å²) in [5.74, 6) is -1.24. The minimum absolute atomic E-state index is 0.00938. The summed E-state index contributed by atoms with van der Waals surface area (Å²) < 4.78 is 48.0. The van der Waals surface area contributed by atoms with E-state index in [4.69, 9.17) is 9.57 Å². The number of oxime groups is 1. The van der Waals surface area contributed by atoms with Crippen LogP contribution < -0.4 is 14.8 Å². The molecule has 0 spiro atoms. The first-order valence-corrected chi connectivity index (χ1v) is 8.21. The van der Waals surface area contributed by atoms with Crippen molar-refractivity contribution in [1.29, 1.82) is 0 Å². The Morgan fingerprint density at radius 2 is 2.04 bits per heavy atom. The van der Waals surface area contributed by atoms with E-state index in [0.717, 1.165) is 0 Å². The van der Waals surface area contributed by atoms with Gasteiger partial charge in [0.25, 0.3) is 5.91 Å². The minimum Gasteiger partial charge on any atom is -0.493 e. The van der Waals surface area contributed by atoms with Gasteiger partial charge >= 0.3 is 6.61 Å².